The Hall–Kier alpha value is -2.80. The number of anilines is 2. The molecule has 0 aromatic heterocycles. The Morgan fingerprint density at radius 3 is 2.68 bits per heavy atom. The van der Waals surface area contributed by atoms with Crippen LogP contribution in [0.2, 0.25) is 0 Å². The van der Waals surface area contributed by atoms with Crippen molar-refractivity contribution >= 4 is 17.3 Å². The summed E-state index contributed by atoms with van der Waals surface area (Å²) in [6, 6.07) is 17.0. The maximum absolute atomic E-state index is 12.2. The zero-order chi connectivity index (χ0) is 15.9. The SMILES string of the molecule is CCN(CC(=O)Nc1cccc(C#N)c1)c1ccccc1C. The van der Waals surface area contributed by atoms with E-state index in [4.69, 9.17) is 5.26 Å². The molecule has 1 amide bonds. The van der Waals surface area contributed by atoms with Gasteiger partial charge >= 0.3 is 0 Å². The van der Waals surface area contributed by atoms with Gasteiger partial charge in [0.25, 0.3) is 0 Å². The number of aryl methyl sites for hydroxylation is 1. The summed E-state index contributed by atoms with van der Waals surface area (Å²) in [6.45, 7) is 5.08. The molecule has 0 radical (unpaired) electrons. The second kappa shape index (κ2) is 7.28. The molecule has 2 aromatic carbocycles. The largest absolute Gasteiger partial charge is 0.362 e. The van der Waals surface area contributed by atoms with Crippen LogP contribution in [0.1, 0.15) is 18.1 Å². The molecule has 4 nitrogen and oxygen atoms in total. The predicted molar refractivity (Wildman–Crippen MR) is 88.9 cm³/mol. The van der Waals surface area contributed by atoms with E-state index in [1.807, 2.05) is 43.0 Å². The van der Waals surface area contributed by atoms with Gasteiger partial charge < -0.3 is 10.2 Å². The topological polar surface area (TPSA) is 56.1 Å². The Bertz CT molecular complexity index is 703. The number of benzene rings is 2. The first-order valence-corrected chi connectivity index (χ1v) is 7.24. The zero-order valence-corrected chi connectivity index (χ0v) is 12.8. The lowest BCUT2D eigenvalue weighted by Gasteiger charge is -2.24. The van der Waals surface area contributed by atoms with Crippen molar-refractivity contribution in [2.75, 3.05) is 23.3 Å². The third-order valence-corrected chi connectivity index (χ3v) is 3.45. The maximum Gasteiger partial charge on any atom is 0.243 e. The summed E-state index contributed by atoms with van der Waals surface area (Å²) in [5.41, 5.74) is 3.38. The molecule has 22 heavy (non-hydrogen) atoms. The fraction of sp³-hybridized carbons (Fsp3) is 0.222. The number of hydrogen-bond acceptors (Lipinski definition) is 3. The van der Waals surface area contributed by atoms with Gasteiger partial charge in [-0.3, -0.25) is 4.79 Å². The third-order valence-electron chi connectivity index (χ3n) is 3.45. The molecule has 0 fully saturated rings. The zero-order valence-electron chi connectivity index (χ0n) is 12.8. The van der Waals surface area contributed by atoms with E-state index in [-0.39, 0.29) is 12.5 Å². The van der Waals surface area contributed by atoms with Crippen LogP contribution < -0.4 is 10.2 Å². The van der Waals surface area contributed by atoms with Gasteiger partial charge in [-0.05, 0) is 43.7 Å². The van der Waals surface area contributed by atoms with Crippen LogP contribution in [-0.4, -0.2) is 19.0 Å². The molecule has 0 spiro atoms. The Kier molecular flexibility index (Phi) is 5.16. The van der Waals surface area contributed by atoms with E-state index in [9.17, 15) is 4.79 Å². The van der Waals surface area contributed by atoms with Crippen LogP contribution in [0.5, 0.6) is 0 Å². The first kappa shape index (κ1) is 15.6. The van der Waals surface area contributed by atoms with E-state index in [0.717, 1.165) is 17.8 Å². The minimum atomic E-state index is -0.0970. The van der Waals surface area contributed by atoms with Crippen molar-refractivity contribution in [3.8, 4) is 6.07 Å². The number of hydrogen-bond donors (Lipinski definition) is 1. The summed E-state index contributed by atoms with van der Waals surface area (Å²) in [4.78, 5) is 14.3. The molecule has 2 aromatic rings. The molecule has 0 heterocycles. The molecule has 4 heteroatoms. The monoisotopic (exact) mass is 293 g/mol. The smallest absolute Gasteiger partial charge is 0.243 e. The molecule has 0 aliphatic heterocycles. The fourth-order valence-corrected chi connectivity index (χ4v) is 2.33. The van der Waals surface area contributed by atoms with Gasteiger partial charge in [-0.25, -0.2) is 0 Å². The molecular weight excluding hydrogens is 274 g/mol. The van der Waals surface area contributed by atoms with Crippen molar-refractivity contribution in [2.24, 2.45) is 0 Å². The quantitative estimate of drug-likeness (QED) is 0.920. The fourth-order valence-electron chi connectivity index (χ4n) is 2.33. The highest BCUT2D eigenvalue weighted by molar-refractivity contribution is 5.94. The molecular formula is C18H19N3O. The normalized spacial score (nSPS) is 9.86. The van der Waals surface area contributed by atoms with Crippen LogP contribution in [0.4, 0.5) is 11.4 Å². The van der Waals surface area contributed by atoms with Gasteiger partial charge in [0.15, 0.2) is 0 Å². The number of carbonyl (C=O) groups excluding carboxylic acids is 1. The maximum atomic E-state index is 12.2. The van der Waals surface area contributed by atoms with E-state index < -0.39 is 0 Å². The summed E-state index contributed by atoms with van der Waals surface area (Å²) in [5, 5.41) is 11.7. The summed E-state index contributed by atoms with van der Waals surface area (Å²) < 4.78 is 0. The van der Waals surface area contributed by atoms with E-state index in [1.165, 1.54) is 0 Å². The Balaban J connectivity index is 2.07. The average Bonchev–Trinajstić information content (AvgIpc) is 2.53. The van der Waals surface area contributed by atoms with Gasteiger partial charge in [0, 0.05) is 17.9 Å². The number of rotatable bonds is 5. The van der Waals surface area contributed by atoms with Crippen molar-refractivity contribution in [1.82, 2.24) is 0 Å². The lowest BCUT2D eigenvalue weighted by atomic mass is 10.2. The van der Waals surface area contributed by atoms with Gasteiger partial charge in [-0.15, -0.1) is 0 Å². The van der Waals surface area contributed by atoms with Gasteiger partial charge in [0.2, 0.25) is 5.91 Å². The molecule has 0 aliphatic carbocycles. The highest BCUT2D eigenvalue weighted by Gasteiger charge is 2.12. The molecule has 112 valence electrons. The number of nitriles is 1. The lowest BCUT2D eigenvalue weighted by molar-refractivity contribution is -0.115. The molecule has 0 saturated heterocycles. The lowest BCUT2D eigenvalue weighted by Crippen LogP contribution is -2.33. The highest BCUT2D eigenvalue weighted by atomic mass is 16.2. The molecule has 2 rings (SSSR count). The van der Waals surface area contributed by atoms with E-state index in [0.29, 0.717) is 11.3 Å². The van der Waals surface area contributed by atoms with Crippen molar-refractivity contribution in [3.05, 3.63) is 59.7 Å². The van der Waals surface area contributed by atoms with Crippen LogP contribution in [0.3, 0.4) is 0 Å². The van der Waals surface area contributed by atoms with Crippen molar-refractivity contribution in [2.45, 2.75) is 13.8 Å². The number of carbonyl (C=O) groups is 1. The Morgan fingerprint density at radius 2 is 2.00 bits per heavy atom. The van der Waals surface area contributed by atoms with Crippen LogP contribution in [0.15, 0.2) is 48.5 Å². The number of likely N-dealkylation sites (N-methyl/N-ethyl adjacent to an activating group) is 1. The molecule has 0 atom stereocenters. The van der Waals surface area contributed by atoms with Crippen molar-refractivity contribution < 1.29 is 4.79 Å². The number of para-hydroxylation sites is 1. The van der Waals surface area contributed by atoms with Gasteiger partial charge in [-0.1, -0.05) is 24.3 Å². The summed E-state index contributed by atoms with van der Waals surface area (Å²) in [5.74, 6) is -0.0970. The Labute approximate surface area is 131 Å². The van der Waals surface area contributed by atoms with Crippen molar-refractivity contribution in [1.29, 1.82) is 5.26 Å². The molecule has 0 unspecified atom stereocenters. The van der Waals surface area contributed by atoms with Crippen LogP contribution in [-0.2, 0) is 4.79 Å². The minimum absolute atomic E-state index is 0.0970. The van der Waals surface area contributed by atoms with Crippen LogP contribution >= 0.6 is 0 Å². The number of nitrogens with one attached hydrogen (secondary N) is 1. The molecule has 0 aliphatic rings. The summed E-state index contributed by atoms with van der Waals surface area (Å²) in [7, 11) is 0. The third kappa shape index (κ3) is 3.86. The standard InChI is InChI=1S/C18H19N3O/c1-3-21(17-10-5-4-7-14(17)2)13-18(22)20-16-9-6-8-15(11-16)12-19/h4-11H,3,13H2,1-2H3,(H,20,22). The summed E-state index contributed by atoms with van der Waals surface area (Å²) >= 11 is 0. The van der Waals surface area contributed by atoms with Gasteiger partial charge in [0.05, 0.1) is 18.2 Å². The van der Waals surface area contributed by atoms with E-state index >= 15 is 0 Å². The molecule has 1 N–H and O–H groups in total. The second-order valence-electron chi connectivity index (χ2n) is 5.04. The van der Waals surface area contributed by atoms with E-state index in [1.54, 1.807) is 24.3 Å². The molecule has 0 saturated carbocycles. The van der Waals surface area contributed by atoms with Gasteiger partial charge in [-0.2, -0.15) is 5.26 Å². The second-order valence-corrected chi connectivity index (χ2v) is 5.04. The van der Waals surface area contributed by atoms with Gasteiger partial charge in [0.1, 0.15) is 0 Å². The van der Waals surface area contributed by atoms with Crippen LogP contribution in [0.25, 0.3) is 0 Å². The Morgan fingerprint density at radius 1 is 1.23 bits per heavy atom. The van der Waals surface area contributed by atoms with E-state index in [2.05, 4.69) is 11.4 Å². The minimum Gasteiger partial charge on any atom is -0.362 e. The highest BCUT2D eigenvalue weighted by Crippen LogP contribution is 2.19. The predicted octanol–water partition coefficient (Wildman–Crippen LogP) is 3.33. The first-order valence-electron chi connectivity index (χ1n) is 7.24. The first-order chi connectivity index (χ1) is 10.6. The van der Waals surface area contributed by atoms with Crippen LogP contribution in [0, 0.1) is 18.3 Å². The number of amides is 1. The number of nitrogens with zero attached hydrogens (tertiary/aromatic N) is 2. The average molecular weight is 293 g/mol. The summed E-state index contributed by atoms with van der Waals surface area (Å²) in [6.07, 6.45) is 0. The van der Waals surface area contributed by atoms with Crippen molar-refractivity contribution in [3.63, 3.8) is 0 Å². The molecule has 0 bridgehead atoms.